The minimum Gasteiger partial charge on any atom is -0.413 e. The third-order valence-corrected chi connectivity index (χ3v) is 8.39. The predicted octanol–water partition coefficient (Wildman–Crippen LogP) is 4.14. The van der Waals surface area contributed by atoms with Crippen molar-refractivity contribution in [3.05, 3.63) is 34.9 Å². The molecule has 0 heterocycles. The Morgan fingerprint density at radius 3 is 2.11 bits per heavy atom. The number of benzene rings is 1. The predicted molar refractivity (Wildman–Crippen MR) is 81.1 cm³/mol. The first-order valence-corrected chi connectivity index (χ1v) is 9.62. The zero-order chi connectivity index (χ0) is 14.7. The molecule has 0 fully saturated rings. The van der Waals surface area contributed by atoms with Gasteiger partial charge in [0.05, 0.1) is 6.61 Å². The van der Waals surface area contributed by atoms with E-state index in [0.717, 1.165) is 11.1 Å². The molecule has 0 amide bonds. The summed E-state index contributed by atoms with van der Waals surface area (Å²) >= 11 is 0. The average Bonchev–Trinajstić information content (AvgIpc) is 2.34. The van der Waals surface area contributed by atoms with Gasteiger partial charge in [-0.15, -0.1) is 0 Å². The van der Waals surface area contributed by atoms with Gasteiger partial charge in [0, 0.05) is 6.54 Å². The van der Waals surface area contributed by atoms with Gasteiger partial charge in [0.25, 0.3) is 0 Å². The lowest BCUT2D eigenvalue weighted by Crippen LogP contribution is -2.40. The lowest BCUT2D eigenvalue weighted by atomic mass is 10.1. The van der Waals surface area contributed by atoms with Gasteiger partial charge < -0.3 is 10.2 Å². The van der Waals surface area contributed by atoms with Crippen LogP contribution in [-0.4, -0.2) is 8.32 Å². The Hall–Kier alpha value is -0.713. The Labute approximate surface area is 117 Å². The molecule has 19 heavy (non-hydrogen) atoms. The van der Waals surface area contributed by atoms with Crippen LogP contribution >= 0.6 is 0 Å². The van der Waals surface area contributed by atoms with Crippen molar-refractivity contribution < 1.29 is 8.82 Å². The Balaban J connectivity index is 2.83. The van der Waals surface area contributed by atoms with E-state index in [1.807, 2.05) is 18.2 Å². The molecule has 0 aliphatic carbocycles. The molecule has 0 radical (unpaired) electrons. The Kier molecular flexibility index (Phi) is 5.30. The van der Waals surface area contributed by atoms with Crippen LogP contribution in [0, 0.1) is 0 Å². The SMILES string of the molecule is CC(C)(C)[Si](C)(C)OCc1cc(CN)cc(CF)c1. The van der Waals surface area contributed by atoms with E-state index in [1.165, 1.54) is 0 Å². The number of rotatable bonds is 5. The van der Waals surface area contributed by atoms with Crippen molar-refractivity contribution in [3.8, 4) is 0 Å². The first-order valence-electron chi connectivity index (χ1n) is 6.71. The van der Waals surface area contributed by atoms with Crippen LogP contribution < -0.4 is 5.73 Å². The van der Waals surface area contributed by atoms with Gasteiger partial charge >= 0.3 is 0 Å². The van der Waals surface area contributed by atoms with Crippen molar-refractivity contribution in [2.75, 3.05) is 0 Å². The largest absolute Gasteiger partial charge is 0.413 e. The Bertz CT molecular complexity index is 404. The maximum Gasteiger partial charge on any atom is 0.192 e. The van der Waals surface area contributed by atoms with Crippen molar-refractivity contribution in [2.24, 2.45) is 5.73 Å². The van der Waals surface area contributed by atoms with Gasteiger partial charge in [-0.2, -0.15) is 0 Å². The summed E-state index contributed by atoms with van der Waals surface area (Å²) in [4.78, 5) is 0. The molecule has 0 saturated carbocycles. The summed E-state index contributed by atoms with van der Waals surface area (Å²) in [6.07, 6.45) is 0. The average molecular weight is 283 g/mol. The number of hydrogen-bond donors (Lipinski definition) is 1. The van der Waals surface area contributed by atoms with Crippen molar-refractivity contribution in [1.29, 1.82) is 0 Å². The smallest absolute Gasteiger partial charge is 0.192 e. The number of nitrogens with two attached hydrogens (primary N) is 1. The molecular weight excluding hydrogens is 257 g/mol. The number of halogens is 1. The van der Waals surface area contributed by atoms with Gasteiger partial charge in [-0.25, -0.2) is 4.39 Å². The highest BCUT2D eigenvalue weighted by molar-refractivity contribution is 6.74. The third-order valence-electron chi connectivity index (χ3n) is 3.91. The molecular formula is C15H26FNOSi. The third kappa shape index (κ3) is 4.40. The molecule has 1 aromatic rings. The summed E-state index contributed by atoms with van der Waals surface area (Å²) in [5, 5.41) is 0.182. The molecule has 1 rings (SSSR count). The highest BCUT2D eigenvalue weighted by Crippen LogP contribution is 2.37. The van der Waals surface area contributed by atoms with Crippen molar-refractivity contribution >= 4 is 8.32 Å². The van der Waals surface area contributed by atoms with Gasteiger partial charge in [-0.1, -0.05) is 39.0 Å². The minimum absolute atomic E-state index is 0.182. The lowest BCUT2D eigenvalue weighted by Gasteiger charge is -2.36. The topological polar surface area (TPSA) is 35.2 Å². The molecule has 0 spiro atoms. The summed E-state index contributed by atoms with van der Waals surface area (Å²) in [6.45, 7) is 11.6. The first-order chi connectivity index (χ1) is 8.69. The fraction of sp³-hybridized carbons (Fsp3) is 0.600. The molecule has 0 saturated heterocycles. The van der Waals surface area contributed by atoms with Crippen LogP contribution in [0.15, 0.2) is 18.2 Å². The fourth-order valence-electron chi connectivity index (χ4n) is 1.60. The van der Waals surface area contributed by atoms with Gasteiger partial charge in [0.2, 0.25) is 0 Å². The lowest BCUT2D eigenvalue weighted by molar-refractivity contribution is 0.276. The summed E-state index contributed by atoms with van der Waals surface area (Å²) in [7, 11) is -1.77. The van der Waals surface area contributed by atoms with E-state index in [0.29, 0.717) is 18.7 Å². The Morgan fingerprint density at radius 2 is 1.63 bits per heavy atom. The molecule has 4 heteroatoms. The molecule has 2 nitrogen and oxygen atoms in total. The van der Waals surface area contributed by atoms with Gasteiger partial charge in [0.1, 0.15) is 6.67 Å². The van der Waals surface area contributed by atoms with Gasteiger partial charge in [-0.3, -0.25) is 0 Å². The molecule has 2 N–H and O–H groups in total. The van der Waals surface area contributed by atoms with E-state index in [-0.39, 0.29) is 5.04 Å². The van der Waals surface area contributed by atoms with Crippen LogP contribution in [0.4, 0.5) is 4.39 Å². The van der Waals surface area contributed by atoms with E-state index in [4.69, 9.17) is 10.2 Å². The molecule has 0 unspecified atom stereocenters. The zero-order valence-electron chi connectivity index (χ0n) is 12.7. The Morgan fingerprint density at radius 1 is 1.11 bits per heavy atom. The number of hydrogen-bond acceptors (Lipinski definition) is 2. The van der Waals surface area contributed by atoms with Crippen molar-refractivity contribution in [1.82, 2.24) is 0 Å². The van der Waals surface area contributed by atoms with Crippen LogP contribution in [0.3, 0.4) is 0 Å². The first kappa shape index (κ1) is 16.3. The highest BCUT2D eigenvalue weighted by atomic mass is 28.4. The van der Waals surface area contributed by atoms with Crippen molar-refractivity contribution in [3.63, 3.8) is 0 Å². The van der Waals surface area contributed by atoms with Crippen LogP contribution in [0.25, 0.3) is 0 Å². The molecule has 108 valence electrons. The maximum atomic E-state index is 12.8. The summed E-state index contributed by atoms with van der Waals surface area (Å²) in [5.74, 6) is 0. The van der Waals surface area contributed by atoms with E-state index < -0.39 is 15.0 Å². The fourth-order valence-corrected chi connectivity index (χ4v) is 2.56. The van der Waals surface area contributed by atoms with Crippen LogP contribution in [0.5, 0.6) is 0 Å². The summed E-state index contributed by atoms with van der Waals surface area (Å²) < 4.78 is 19.0. The normalized spacial score (nSPS) is 12.8. The second kappa shape index (κ2) is 6.16. The minimum atomic E-state index is -1.77. The van der Waals surface area contributed by atoms with Crippen molar-refractivity contribution in [2.45, 2.75) is 58.7 Å². The molecule has 1 aromatic carbocycles. The summed E-state index contributed by atoms with van der Waals surface area (Å²) in [5.41, 5.74) is 8.29. The zero-order valence-corrected chi connectivity index (χ0v) is 13.7. The van der Waals surface area contributed by atoms with Gasteiger partial charge in [0.15, 0.2) is 8.32 Å². The van der Waals surface area contributed by atoms with Crippen LogP contribution in [-0.2, 0) is 24.3 Å². The van der Waals surface area contributed by atoms with Gasteiger partial charge in [-0.05, 0) is 34.8 Å². The summed E-state index contributed by atoms with van der Waals surface area (Å²) in [6, 6.07) is 5.69. The molecule has 0 bridgehead atoms. The molecule has 0 atom stereocenters. The quantitative estimate of drug-likeness (QED) is 0.824. The monoisotopic (exact) mass is 283 g/mol. The second-order valence-electron chi connectivity index (χ2n) is 6.54. The van der Waals surface area contributed by atoms with E-state index in [1.54, 1.807) is 0 Å². The standard InChI is InChI=1S/C15H26FNOSi/c1-15(2,3)19(4,5)18-11-14-7-12(9-16)6-13(8-14)10-17/h6-8H,9-11,17H2,1-5H3. The number of alkyl halides is 1. The van der Waals surface area contributed by atoms with E-state index >= 15 is 0 Å². The molecule has 0 aliphatic rings. The molecule has 0 aromatic heterocycles. The van der Waals surface area contributed by atoms with E-state index in [9.17, 15) is 4.39 Å². The van der Waals surface area contributed by atoms with Crippen LogP contribution in [0.1, 0.15) is 37.5 Å². The maximum absolute atomic E-state index is 12.8. The highest BCUT2D eigenvalue weighted by Gasteiger charge is 2.36. The van der Waals surface area contributed by atoms with Crippen LogP contribution in [0.2, 0.25) is 18.1 Å². The molecule has 0 aliphatic heterocycles. The second-order valence-corrected chi connectivity index (χ2v) is 11.4. The van der Waals surface area contributed by atoms with E-state index in [2.05, 4.69) is 33.9 Å².